The van der Waals surface area contributed by atoms with Crippen LogP contribution in [0.1, 0.15) is 27.7 Å². The number of rotatable bonds is 2. The number of fused-ring (bicyclic) bond motifs is 6. The molecule has 7 rings (SSSR count). The van der Waals surface area contributed by atoms with Gasteiger partial charge in [-0.05, 0) is 58.0 Å². The van der Waals surface area contributed by atoms with Crippen molar-refractivity contribution in [1.82, 2.24) is 4.57 Å². The molecule has 0 amide bonds. The number of para-hydroxylation sites is 3. The average molecular weight is 459 g/mol. The van der Waals surface area contributed by atoms with Crippen LogP contribution in [0.4, 0.5) is 0 Å². The van der Waals surface area contributed by atoms with Gasteiger partial charge in [-0.2, -0.15) is 0 Å². The zero-order chi connectivity index (χ0) is 23.9. The van der Waals surface area contributed by atoms with Crippen molar-refractivity contribution in [1.29, 1.82) is 0 Å². The molecule has 1 aliphatic rings. The average Bonchev–Trinajstić information content (AvgIpc) is 3.45. The predicted octanol–water partition coefficient (Wildman–Crippen LogP) is 6.98. The number of nitrogens with zero attached hydrogens (tertiary/aromatic N) is 1. The van der Waals surface area contributed by atoms with Gasteiger partial charge >= 0.3 is 7.12 Å². The monoisotopic (exact) mass is 459 g/mol. The minimum atomic E-state index is -0.531. The highest BCUT2D eigenvalue weighted by Crippen LogP contribution is 2.39. The standard InChI is InChI=1S/C30H26BNO3/c1-29(2)30(3,4)35-31(34-29)24-18-19(17-23-22-13-7-10-16-27(22)33-28(23)24)32-25-14-8-5-11-20(25)21-12-6-9-15-26(21)32/h5-18H,1-4H3. The maximum absolute atomic E-state index is 6.51. The molecule has 3 heterocycles. The van der Waals surface area contributed by atoms with Crippen LogP contribution < -0.4 is 5.46 Å². The third kappa shape index (κ3) is 2.89. The Morgan fingerprint density at radius 3 is 1.80 bits per heavy atom. The fourth-order valence-electron chi connectivity index (χ4n) is 5.31. The molecule has 4 aromatic carbocycles. The highest BCUT2D eigenvalue weighted by molar-refractivity contribution is 6.65. The SMILES string of the molecule is CC1(C)OB(c2cc(-n3c4ccccc4c4ccccc43)cc3c2oc2ccccc23)OC1(C)C. The first-order valence-corrected chi connectivity index (χ1v) is 12.1. The molecule has 0 atom stereocenters. The van der Waals surface area contributed by atoms with Gasteiger partial charge in [-0.1, -0.05) is 54.6 Å². The minimum Gasteiger partial charge on any atom is -0.456 e. The molecular weight excluding hydrogens is 433 g/mol. The summed E-state index contributed by atoms with van der Waals surface area (Å²) >= 11 is 0. The number of aromatic nitrogens is 1. The molecule has 2 aromatic heterocycles. The fourth-order valence-corrected chi connectivity index (χ4v) is 5.31. The molecule has 0 bridgehead atoms. The van der Waals surface area contributed by atoms with Crippen LogP contribution in [0, 0.1) is 0 Å². The molecule has 6 aromatic rings. The summed E-state index contributed by atoms with van der Waals surface area (Å²) in [6.45, 7) is 8.33. The molecular formula is C30H26BNO3. The molecule has 0 spiro atoms. The number of benzene rings is 4. The van der Waals surface area contributed by atoms with Gasteiger partial charge in [-0.25, -0.2) is 0 Å². The van der Waals surface area contributed by atoms with E-state index in [2.05, 4.69) is 105 Å². The lowest BCUT2D eigenvalue weighted by Gasteiger charge is -2.32. The van der Waals surface area contributed by atoms with Gasteiger partial charge in [0.05, 0.1) is 22.2 Å². The van der Waals surface area contributed by atoms with Gasteiger partial charge in [0.1, 0.15) is 11.2 Å². The molecule has 1 aliphatic heterocycles. The lowest BCUT2D eigenvalue weighted by molar-refractivity contribution is 0.00578. The summed E-state index contributed by atoms with van der Waals surface area (Å²) in [5.41, 5.74) is 5.09. The van der Waals surface area contributed by atoms with Gasteiger partial charge in [-0.3, -0.25) is 0 Å². The van der Waals surface area contributed by atoms with Gasteiger partial charge in [0.2, 0.25) is 0 Å². The number of furan rings is 1. The summed E-state index contributed by atoms with van der Waals surface area (Å²) < 4.78 is 21.8. The Morgan fingerprint density at radius 2 is 1.17 bits per heavy atom. The molecule has 172 valence electrons. The van der Waals surface area contributed by atoms with E-state index < -0.39 is 18.3 Å². The molecule has 1 saturated heterocycles. The number of hydrogen-bond donors (Lipinski definition) is 0. The summed E-state index contributed by atoms with van der Waals surface area (Å²) in [5, 5.41) is 4.61. The summed E-state index contributed by atoms with van der Waals surface area (Å²) in [7, 11) is -0.531. The first kappa shape index (κ1) is 20.8. The van der Waals surface area contributed by atoms with Crippen molar-refractivity contribution in [2.45, 2.75) is 38.9 Å². The zero-order valence-corrected chi connectivity index (χ0v) is 20.3. The van der Waals surface area contributed by atoms with Crippen LogP contribution in [0.2, 0.25) is 0 Å². The maximum atomic E-state index is 6.51. The Balaban J connectivity index is 1.58. The first-order chi connectivity index (χ1) is 16.8. The molecule has 0 N–H and O–H groups in total. The molecule has 1 fully saturated rings. The highest BCUT2D eigenvalue weighted by atomic mass is 16.7. The van der Waals surface area contributed by atoms with E-state index >= 15 is 0 Å². The van der Waals surface area contributed by atoms with E-state index in [4.69, 9.17) is 13.7 Å². The highest BCUT2D eigenvalue weighted by Gasteiger charge is 2.52. The molecule has 0 saturated carbocycles. The second kappa shape index (κ2) is 7.00. The van der Waals surface area contributed by atoms with Crippen LogP contribution in [0.25, 0.3) is 49.4 Å². The van der Waals surface area contributed by atoms with Crippen molar-refractivity contribution in [2.24, 2.45) is 0 Å². The summed E-state index contributed by atoms with van der Waals surface area (Å²) in [5.74, 6) is 0. The smallest absolute Gasteiger partial charge is 0.456 e. The first-order valence-electron chi connectivity index (χ1n) is 12.1. The Kier molecular flexibility index (Phi) is 4.16. The minimum absolute atomic E-state index is 0.446. The van der Waals surface area contributed by atoms with Crippen molar-refractivity contribution >= 4 is 56.3 Å². The van der Waals surface area contributed by atoms with Crippen LogP contribution >= 0.6 is 0 Å². The third-order valence-corrected chi connectivity index (χ3v) is 7.84. The molecule has 5 heteroatoms. The Hall–Kier alpha value is -3.54. The molecule has 0 aliphatic carbocycles. The van der Waals surface area contributed by atoms with Crippen LogP contribution in [0.15, 0.2) is 89.3 Å². The van der Waals surface area contributed by atoms with Gasteiger partial charge in [-0.15, -0.1) is 0 Å². The van der Waals surface area contributed by atoms with Crippen molar-refractivity contribution in [3.05, 3.63) is 84.9 Å². The topological polar surface area (TPSA) is 36.5 Å². The van der Waals surface area contributed by atoms with Crippen LogP contribution in [0.3, 0.4) is 0 Å². The zero-order valence-electron chi connectivity index (χ0n) is 20.3. The fraction of sp³-hybridized carbons (Fsp3) is 0.200. The normalized spacial score (nSPS) is 17.3. The summed E-state index contributed by atoms with van der Waals surface area (Å²) in [6, 6.07) is 29.7. The molecule has 4 nitrogen and oxygen atoms in total. The van der Waals surface area contributed by atoms with Crippen LogP contribution in [-0.2, 0) is 9.31 Å². The quantitative estimate of drug-likeness (QED) is 0.262. The van der Waals surface area contributed by atoms with Crippen molar-refractivity contribution in [3.8, 4) is 5.69 Å². The third-order valence-electron chi connectivity index (χ3n) is 7.84. The number of hydrogen-bond acceptors (Lipinski definition) is 3. The molecule has 35 heavy (non-hydrogen) atoms. The second-order valence-electron chi connectivity index (χ2n) is 10.5. The van der Waals surface area contributed by atoms with E-state index in [-0.39, 0.29) is 0 Å². The Bertz CT molecular complexity index is 1710. The van der Waals surface area contributed by atoms with Gasteiger partial charge in [0.15, 0.2) is 0 Å². The molecule has 0 radical (unpaired) electrons. The predicted molar refractivity (Wildman–Crippen MR) is 144 cm³/mol. The lowest BCUT2D eigenvalue weighted by atomic mass is 9.77. The second-order valence-corrected chi connectivity index (χ2v) is 10.5. The van der Waals surface area contributed by atoms with E-state index in [1.165, 1.54) is 21.8 Å². The Labute approximate surface area is 204 Å². The van der Waals surface area contributed by atoms with E-state index in [1.807, 2.05) is 12.1 Å². The van der Waals surface area contributed by atoms with Crippen LogP contribution in [-0.4, -0.2) is 22.9 Å². The van der Waals surface area contributed by atoms with Gasteiger partial charge < -0.3 is 18.3 Å². The van der Waals surface area contributed by atoms with Crippen molar-refractivity contribution in [2.75, 3.05) is 0 Å². The Morgan fingerprint density at radius 1 is 0.629 bits per heavy atom. The maximum Gasteiger partial charge on any atom is 0.498 e. The van der Waals surface area contributed by atoms with E-state index in [1.54, 1.807) is 0 Å². The van der Waals surface area contributed by atoms with Crippen LogP contribution in [0.5, 0.6) is 0 Å². The molecule has 0 unspecified atom stereocenters. The van der Waals surface area contributed by atoms with Crippen molar-refractivity contribution in [3.63, 3.8) is 0 Å². The summed E-state index contributed by atoms with van der Waals surface area (Å²) in [6.07, 6.45) is 0. The van der Waals surface area contributed by atoms with E-state index in [9.17, 15) is 0 Å². The van der Waals surface area contributed by atoms with Crippen molar-refractivity contribution < 1.29 is 13.7 Å². The van der Waals surface area contributed by atoms with E-state index in [0.717, 1.165) is 33.1 Å². The summed E-state index contributed by atoms with van der Waals surface area (Å²) in [4.78, 5) is 0. The van der Waals surface area contributed by atoms with E-state index in [0.29, 0.717) is 0 Å². The largest absolute Gasteiger partial charge is 0.498 e. The lowest BCUT2D eigenvalue weighted by Crippen LogP contribution is -2.41. The van der Waals surface area contributed by atoms with Gasteiger partial charge in [0, 0.05) is 32.7 Å². The van der Waals surface area contributed by atoms with Gasteiger partial charge in [0.25, 0.3) is 0 Å².